The van der Waals surface area contributed by atoms with Gasteiger partial charge in [-0.05, 0) is 23.8 Å². The fourth-order valence-electron chi connectivity index (χ4n) is 1.96. The van der Waals surface area contributed by atoms with Crippen molar-refractivity contribution in [2.75, 3.05) is 0 Å². The van der Waals surface area contributed by atoms with Crippen molar-refractivity contribution in [3.8, 4) is 0 Å². The topological polar surface area (TPSA) is 41.5 Å². The molecule has 1 aliphatic heterocycles. The molecule has 3 nitrogen and oxygen atoms in total. The Hall–Kier alpha value is -2.75. The molecular weight excluding hydrogens is 255 g/mol. The smallest absolute Gasteiger partial charge is 0.275 e. The normalized spacial score (nSPS) is 16.1. The van der Waals surface area contributed by atoms with E-state index in [1.54, 1.807) is 18.2 Å². The lowest BCUT2D eigenvalue weighted by Gasteiger charge is -1.98. The summed E-state index contributed by atoms with van der Waals surface area (Å²) < 4.78 is 13.1. The molecule has 0 radical (unpaired) electrons. The molecule has 20 heavy (non-hydrogen) atoms. The second-order valence-corrected chi connectivity index (χ2v) is 4.37. The zero-order valence-electron chi connectivity index (χ0n) is 10.5. The van der Waals surface area contributed by atoms with Crippen molar-refractivity contribution in [2.45, 2.75) is 0 Å². The molecule has 0 bridgehead atoms. The largest absolute Gasteiger partial charge is 0.305 e. The summed E-state index contributed by atoms with van der Waals surface area (Å²) in [6.07, 6.45) is 1.56. The van der Waals surface area contributed by atoms with Gasteiger partial charge in [-0.1, -0.05) is 42.5 Å². The van der Waals surface area contributed by atoms with Crippen LogP contribution in [-0.4, -0.2) is 11.7 Å². The van der Waals surface area contributed by atoms with Crippen LogP contribution < -0.4 is 5.32 Å². The molecule has 2 aromatic rings. The van der Waals surface area contributed by atoms with Gasteiger partial charge in [0, 0.05) is 5.56 Å². The molecule has 0 atom stereocenters. The fourth-order valence-corrected chi connectivity index (χ4v) is 1.96. The van der Waals surface area contributed by atoms with Crippen molar-refractivity contribution < 1.29 is 9.18 Å². The number of amidine groups is 1. The maximum Gasteiger partial charge on any atom is 0.275 e. The SMILES string of the molecule is O=C1NC(c2ccccc2)=N/C1=C/c1cccc(F)c1. The van der Waals surface area contributed by atoms with Gasteiger partial charge in [-0.2, -0.15) is 0 Å². The first-order valence-corrected chi connectivity index (χ1v) is 6.15. The number of amides is 1. The molecule has 0 unspecified atom stereocenters. The molecule has 0 aliphatic carbocycles. The van der Waals surface area contributed by atoms with Gasteiger partial charge in [-0.15, -0.1) is 0 Å². The summed E-state index contributed by atoms with van der Waals surface area (Å²) in [5, 5.41) is 2.70. The van der Waals surface area contributed by atoms with Crippen LogP contribution >= 0.6 is 0 Å². The van der Waals surface area contributed by atoms with E-state index in [9.17, 15) is 9.18 Å². The highest BCUT2D eigenvalue weighted by Crippen LogP contribution is 2.15. The number of nitrogens with zero attached hydrogens (tertiary/aromatic N) is 1. The minimum absolute atomic E-state index is 0.273. The predicted molar refractivity (Wildman–Crippen MR) is 75.5 cm³/mol. The van der Waals surface area contributed by atoms with Gasteiger partial charge in [-0.25, -0.2) is 9.38 Å². The van der Waals surface area contributed by atoms with Crippen LogP contribution in [0.2, 0.25) is 0 Å². The Bertz CT molecular complexity index is 720. The van der Waals surface area contributed by atoms with E-state index in [0.717, 1.165) is 5.56 Å². The Morgan fingerprint density at radius 3 is 2.60 bits per heavy atom. The van der Waals surface area contributed by atoms with Crippen molar-refractivity contribution in [2.24, 2.45) is 4.99 Å². The monoisotopic (exact) mass is 266 g/mol. The molecule has 98 valence electrons. The van der Waals surface area contributed by atoms with E-state index in [4.69, 9.17) is 0 Å². The van der Waals surface area contributed by atoms with Crippen LogP contribution in [0.25, 0.3) is 6.08 Å². The maximum absolute atomic E-state index is 13.1. The average molecular weight is 266 g/mol. The van der Waals surface area contributed by atoms with Gasteiger partial charge in [0.25, 0.3) is 5.91 Å². The predicted octanol–water partition coefficient (Wildman–Crippen LogP) is 2.74. The molecule has 1 heterocycles. The molecule has 0 spiro atoms. The third-order valence-corrected chi connectivity index (χ3v) is 2.90. The maximum atomic E-state index is 13.1. The minimum atomic E-state index is -0.343. The lowest BCUT2D eigenvalue weighted by molar-refractivity contribution is -0.115. The van der Waals surface area contributed by atoms with Crippen molar-refractivity contribution in [3.63, 3.8) is 0 Å². The first kappa shape index (κ1) is 12.3. The van der Waals surface area contributed by atoms with Crippen molar-refractivity contribution in [3.05, 3.63) is 77.2 Å². The molecule has 1 N–H and O–H groups in total. The zero-order valence-corrected chi connectivity index (χ0v) is 10.5. The van der Waals surface area contributed by atoms with Crippen LogP contribution in [0.1, 0.15) is 11.1 Å². The van der Waals surface area contributed by atoms with E-state index in [1.807, 2.05) is 30.3 Å². The molecule has 0 saturated heterocycles. The van der Waals surface area contributed by atoms with Crippen LogP contribution in [0.15, 0.2) is 65.3 Å². The van der Waals surface area contributed by atoms with Crippen molar-refractivity contribution in [1.29, 1.82) is 0 Å². The lowest BCUT2D eigenvalue weighted by Crippen LogP contribution is -2.24. The molecule has 1 amide bonds. The minimum Gasteiger partial charge on any atom is -0.305 e. The summed E-state index contributed by atoms with van der Waals surface area (Å²) in [6, 6.07) is 15.4. The van der Waals surface area contributed by atoms with E-state index >= 15 is 0 Å². The van der Waals surface area contributed by atoms with E-state index < -0.39 is 0 Å². The average Bonchev–Trinajstić information content (AvgIpc) is 2.81. The molecular formula is C16H11FN2O. The van der Waals surface area contributed by atoms with Gasteiger partial charge in [0.15, 0.2) is 0 Å². The summed E-state index contributed by atoms with van der Waals surface area (Å²) in [5.74, 6) is -0.114. The van der Waals surface area contributed by atoms with Gasteiger partial charge in [0.05, 0.1) is 0 Å². The number of rotatable bonds is 2. The molecule has 0 saturated carbocycles. The van der Waals surface area contributed by atoms with Crippen molar-refractivity contribution in [1.82, 2.24) is 5.32 Å². The van der Waals surface area contributed by atoms with Crippen LogP contribution in [0.3, 0.4) is 0 Å². The Kier molecular flexibility index (Phi) is 3.13. The summed E-state index contributed by atoms with van der Waals surface area (Å²) in [6.45, 7) is 0. The summed E-state index contributed by atoms with van der Waals surface area (Å²) >= 11 is 0. The highest BCUT2D eigenvalue weighted by molar-refractivity contribution is 6.19. The zero-order chi connectivity index (χ0) is 13.9. The molecule has 0 aromatic heterocycles. The summed E-state index contributed by atoms with van der Waals surface area (Å²) in [4.78, 5) is 16.1. The standard InChI is InChI=1S/C16H11FN2O/c17-13-8-4-5-11(9-13)10-14-16(20)19-15(18-14)12-6-2-1-3-7-12/h1-10H,(H,18,19,20)/b14-10+. The Balaban J connectivity index is 1.95. The van der Waals surface area contributed by atoms with E-state index in [-0.39, 0.29) is 17.4 Å². The van der Waals surface area contributed by atoms with Gasteiger partial charge in [0.1, 0.15) is 17.3 Å². The third-order valence-electron chi connectivity index (χ3n) is 2.90. The van der Waals surface area contributed by atoms with Gasteiger partial charge >= 0.3 is 0 Å². The number of aliphatic imine (C=N–C) groups is 1. The lowest BCUT2D eigenvalue weighted by atomic mass is 10.2. The van der Waals surface area contributed by atoms with Crippen LogP contribution in [0.5, 0.6) is 0 Å². The summed E-state index contributed by atoms with van der Waals surface area (Å²) in [5.41, 5.74) is 1.71. The third kappa shape index (κ3) is 2.49. The van der Waals surface area contributed by atoms with E-state index in [0.29, 0.717) is 11.4 Å². The molecule has 0 fully saturated rings. The Morgan fingerprint density at radius 2 is 1.85 bits per heavy atom. The van der Waals surface area contributed by atoms with Crippen LogP contribution in [-0.2, 0) is 4.79 Å². The first-order chi connectivity index (χ1) is 9.72. The van der Waals surface area contributed by atoms with Gasteiger partial charge in [-0.3, -0.25) is 4.79 Å². The van der Waals surface area contributed by atoms with Crippen LogP contribution in [0, 0.1) is 5.82 Å². The number of carbonyl (C=O) groups is 1. The number of benzene rings is 2. The fraction of sp³-hybridized carbons (Fsp3) is 0. The number of nitrogens with one attached hydrogen (secondary N) is 1. The number of carbonyl (C=O) groups excluding carboxylic acids is 1. The van der Waals surface area contributed by atoms with E-state index in [2.05, 4.69) is 10.3 Å². The van der Waals surface area contributed by atoms with E-state index in [1.165, 1.54) is 12.1 Å². The highest BCUT2D eigenvalue weighted by atomic mass is 19.1. The van der Waals surface area contributed by atoms with Crippen molar-refractivity contribution >= 4 is 17.8 Å². The number of hydrogen-bond acceptors (Lipinski definition) is 2. The second kappa shape index (κ2) is 5.09. The molecule has 4 heteroatoms. The second-order valence-electron chi connectivity index (χ2n) is 4.37. The Morgan fingerprint density at radius 1 is 1.05 bits per heavy atom. The highest BCUT2D eigenvalue weighted by Gasteiger charge is 2.20. The summed E-state index contributed by atoms with van der Waals surface area (Å²) in [7, 11) is 0. The van der Waals surface area contributed by atoms with Gasteiger partial charge in [0.2, 0.25) is 0 Å². The van der Waals surface area contributed by atoms with Gasteiger partial charge < -0.3 is 5.32 Å². The quantitative estimate of drug-likeness (QED) is 0.834. The molecule has 3 rings (SSSR count). The molecule has 1 aliphatic rings. The molecule has 2 aromatic carbocycles. The number of hydrogen-bond donors (Lipinski definition) is 1. The van der Waals surface area contributed by atoms with Crippen LogP contribution in [0.4, 0.5) is 4.39 Å². The Labute approximate surface area is 115 Å². The number of halogens is 1. The first-order valence-electron chi connectivity index (χ1n) is 6.15.